The van der Waals surface area contributed by atoms with Crippen LogP contribution in [0.2, 0.25) is 0 Å². The lowest BCUT2D eigenvalue weighted by atomic mass is 9.99. The van der Waals surface area contributed by atoms with Crippen molar-refractivity contribution in [3.63, 3.8) is 0 Å². The first-order valence-electron chi connectivity index (χ1n) is 12.1. The van der Waals surface area contributed by atoms with Crippen LogP contribution in [0.5, 0.6) is 0 Å². The van der Waals surface area contributed by atoms with E-state index in [-0.39, 0.29) is 0 Å². The zero-order valence-electron chi connectivity index (χ0n) is 19.5. The van der Waals surface area contributed by atoms with Crippen molar-refractivity contribution in [1.82, 2.24) is 5.32 Å². The first kappa shape index (κ1) is 20.5. The maximum Gasteiger partial charge on any atom is 0.0737 e. The van der Waals surface area contributed by atoms with Crippen LogP contribution in [0.25, 0.3) is 11.1 Å². The Morgan fingerprint density at radius 3 is 1.94 bits per heavy atom. The number of aliphatic imine (C=N–C) groups is 3. The van der Waals surface area contributed by atoms with E-state index in [0.717, 1.165) is 74.3 Å². The number of hydrogen-bond donors (Lipinski definition) is 1. The largest absolute Gasteiger partial charge is 0.358 e. The lowest BCUT2D eigenvalue weighted by molar-refractivity contribution is 1.04. The molecule has 5 heterocycles. The molecule has 0 spiro atoms. The van der Waals surface area contributed by atoms with Crippen molar-refractivity contribution in [1.29, 1.82) is 0 Å². The summed E-state index contributed by atoms with van der Waals surface area (Å²) < 4.78 is 0. The number of benzene rings is 2. The molecule has 0 aromatic heterocycles. The third kappa shape index (κ3) is 3.69. The Kier molecular flexibility index (Phi) is 4.81. The summed E-state index contributed by atoms with van der Waals surface area (Å²) >= 11 is 0. The molecule has 0 unspecified atom stereocenters. The number of nitrogens with one attached hydrogen (secondary N) is 1. The highest BCUT2D eigenvalue weighted by Gasteiger charge is 2.22. The highest BCUT2D eigenvalue weighted by molar-refractivity contribution is 6.32. The molecule has 0 aliphatic carbocycles. The molecule has 0 radical (unpaired) electrons. The summed E-state index contributed by atoms with van der Waals surface area (Å²) in [6.45, 7) is 0. The SMILES string of the molecule is C1=CC2=NC1=CC1=NC(=C(c3ccccc3)C3=CCC(=CC4=NC(=C2c2ccccc2)C=C4)N3)C=C1. The molecule has 4 heteroatoms. The van der Waals surface area contributed by atoms with Crippen molar-refractivity contribution in [2.75, 3.05) is 0 Å². The van der Waals surface area contributed by atoms with E-state index in [1.165, 1.54) is 0 Å². The molecule has 36 heavy (non-hydrogen) atoms. The van der Waals surface area contributed by atoms with Crippen molar-refractivity contribution < 1.29 is 0 Å². The van der Waals surface area contributed by atoms with Gasteiger partial charge in [0.05, 0.1) is 34.2 Å². The zero-order valence-corrected chi connectivity index (χ0v) is 19.5. The number of fused-ring (bicyclic) bond motifs is 5. The Hall–Kier alpha value is -4.83. The topological polar surface area (TPSA) is 49.1 Å². The average molecular weight is 463 g/mol. The average Bonchev–Trinajstić information content (AvgIpc) is 3.72. The molecule has 5 aliphatic rings. The molecule has 0 saturated carbocycles. The second kappa shape index (κ2) is 8.43. The predicted molar refractivity (Wildman–Crippen MR) is 148 cm³/mol. The van der Waals surface area contributed by atoms with Crippen LogP contribution in [0.1, 0.15) is 17.5 Å². The molecule has 2 aromatic rings. The van der Waals surface area contributed by atoms with Gasteiger partial charge in [-0.3, -0.25) is 0 Å². The molecule has 8 bridgehead atoms. The minimum absolute atomic E-state index is 0.816. The Bertz CT molecular complexity index is 1630. The van der Waals surface area contributed by atoms with Crippen molar-refractivity contribution >= 4 is 28.3 Å². The molecule has 7 rings (SSSR count). The van der Waals surface area contributed by atoms with Gasteiger partial charge in [-0.05, 0) is 59.7 Å². The van der Waals surface area contributed by atoms with Gasteiger partial charge in [0.25, 0.3) is 0 Å². The van der Waals surface area contributed by atoms with Gasteiger partial charge in [-0.2, -0.15) is 0 Å². The molecule has 5 aliphatic heterocycles. The van der Waals surface area contributed by atoms with Crippen molar-refractivity contribution in [3.05, 3.63) is 155 Å². The van der Waals surface area contributed by atoms with Gasteiger partial charge >= 0.3 is 0 Å². The maximum atomic E-state index is 4.99. The fourth-order valence-electron chi connectivity index (χ4n) is 4.95. The molecule has 170 valence electrons. The van der Waals surface area contributed by atoms with E-state index in [2.05, 4.69) is 96.4 Å². The number of allylic oxidation sites excluding steroid dienone is 11. The van der Waals surface area contributed by atoms with Crippen molar-refractivity contribution in [2.45, 2.75) is 6.42 Å². The summed E-state index contributed by atoms with van der Waals surface area (Å²) in [4.78, 5) is 14.9. The highest BCUT2D eigenvalue weighted by atomic mass is 14.9. The van der Waals surface area contributed by atoms with E-state index in [0.29, 0.717) is 0 Å². The van der Waals surface area contributed by atoms with Crippen LogP contribution in [0.3, 0.4) is 0 Å². The summed E-state index contributed by atoms with van der Waals surface area (Å²) in [6, 6.07) is 20.8. The molecule has 2 aromatic carbocycles. The molecule has 1 N–H and O–H groups in total. The first-order valence-corrected chi connectivity index (χ1v) is 12.1. The summed E-state index contributed by atoms with van der Waals surface area (Å²) in [6.07, 6.45) is 19.6. The molecule has 4 nitrogen and oxygen atoms in total. The third-order valence-corrected chi connectivity index (χ3v) is 6.59. The van der Waals surface area contributed by atoms with E-state index in [1.54, 1.807) is 0 Å². The monoisotopic (exact) mass is 462 g/mol. The molecular formula is C32H22N4. The van der Waals surface area contributed by atoms with E-state index < -0.39 is 0 Å². The van der Waals surface area contributed by atoms with Gasteiger partial charge in [0.2, 0.25) is 0 Å². The maximum absolute atomic E-state index is 4.99. The quantitative estimate of drug-likeness (QED) is 0.544. The summed E-state index contributed by atoms with van der Waals surface area (Å²) in [5, 5.41) is 3.64. The Labute approximate surface area is 209 Å². The lowest BCUT2D eigenvalue weighted by Gasteiger charge is -2.13. The van der Waals surface area contributed by atoms with Crippen LogP contribution in [0, 0.1) is 0 Å². The molecule has 0 fully saturated rings. The highest BCUT2D eigenvalue weighted by Crippen LogP contribution is 2.34. The van der Waals surface area contributed by atoms with Crippen LogP contribution < -0.4 is 5.32 Å². The van der Waals surface area contributed by atoms with E-state index >= 15 is 0 Å². The predicted octanol–water partition coefficient (Wildman–Crippen LogP) is 6.50. The van der Waals surface area contributed by atoms with Crippen molar-refractivity contribution in [2.24, 2.45) is 15.0 Å². The first-order chi connectivity index (χ1) is 17.8. The van der Waals surface area contributed by atoms with Gasteiger partial charge in [0.1, 0.15) is 0 Å². The normalized spacial score (nSPS) is 19.7. The van der Waals surface area contributed by atoms with Crippen LogP contribution >= 0.6 is 0 Å². The third-order valence-electron chi connectivity index (χ3n) is 6.59. The van der Waals surface area contributed by atoms with Gasteiger partial charge in [-0.25, -0.2) is 15.0 Å². The van der Waals surface area contributed by atoms with Crippen molar-refractivity contribution in [3.8, 4) is 0 Å². The standard InChI is InChI=1S/C32H22N4/c1-3-7-21(8-4-1)31-27-15-11-23(33-27)19-25-13-17-29(35-25)32(22-9-5-2-6-10-22)30-18-14-26(36-30)20-24-12-16-28(31)34-24/h1-13,15-20,36H,14H2. The van der Waals surface area contributed by atoms with Crippen LogP contribution in [-0.4, -0.2) is 17.1 Å². The van der Waals surface area contributed by atoms with E-state index in [9.17, 15) is 0 Å². The van der Waals surface area contributed by atoms with Gasteiger partial charge < -0.3 is 5.32 Å². The van der Waals surface area contributed by atoms with Crippen LogP contribution in [0.15, 0.2) is 159 Å². The van der Waals surface area contributed by atoms with Crippen LogP contribution in [-0.2, 0) is 0 Å². The second-order valence-electron chi connectivity index (χ2n) is 9.01. The fourth-order valence-corrected chi connectivity index (χ4v) is 4.95. The van der Waals surface area contributed by atoms with Gasteiger partial charge in [-0.15, -0.1) is 0 Å². The number of hydrogen-bond acceptors (Lipinski definition) is 4. The summed E-state index contributed by atoms with van der Waals surface area (Å²) in [5.74, 6) is 0. The smallest absolute Gasteiger partial charge is 0.0737 e. The Morgan fingerprint density at radius 2 is 1.22 bits per heavy atom. The molecule has 0 atom stereocenters. The number of nitrogens with zero attached hydrogens (tertiary/aromatic N) is 3. The Morgan fingerprint density at radius 1 is 0.583 bits per heavy atom. The minimum Gasteiger partial charge on any atom is -0.358 e. The zero-order chi connectivity index (χ0) is 23.9. The lowest BCUT2D eigenvalue weighted by Crippen LogP contribution is -2.10. The Balaban J connectivity index is 1.42. The van der Waals surface area contributed by atoms with Crippen LogP contribution in [0.4, 0.5) is 0 Å². The van der Waals surface area contributed by atoms with E-state index in [1.807, 2.05) is 24.3 Å². The van der Waals surface area contributed by atoms with Gasteiger partial charge in [-0.1, -0.05) is 66.7 Å². The van der Waals surface area contributed by atoms with E-state index in [4.69, 9.17) is 15.0 Å². The minimum atomic E-state index is 0.816. The van der Waals surface area contributed by atoms with Gasteiger partial charge in [0, 0.05) is 29.0 Å². The van der Waals surface area contributed by atoms with Gasteiger partial charge in [0.15, 0.2) is 0 Å². The second-order valence-corrected chi connectivity index (χ2v) is 9.01. The summed E-state index contributed by atoms with van der Waals surface area (Å²) in [5.41, 5.74) is 12.0. The molecule has 0 amide bonds. The molecule has 0 saturated heterocycles. The fraction of sp³-hybridized carbons (Fsp3) is 0.0312. The summed E-state index contributed by atoms with van der Waals surface area (Å²) in [7, 11) is 0. The number of rotatable bonds is 2. The molecular weight excluding hydrogens is 440 g/mol.